The molecule has 1 aliphatic heterocycles. The number of hydrogen-bond donors (Lipinski definition) is 3. The fourth-order valence-corrected chi connectivity index (χ4v) is 2.13. The molecule has 3 N–H and O–H groups in total. The molecule has 1 aromatic rings. The maximum atomic E-state index is 11.8. The van der Waals surface area contributed by atoms with Gasteiger partial charge in [-0.25, -0.2) is 0 Å². The van der Waals surface area contributed by atoms with Crippen molar-refractivity contribution in [3.63, 3.8) is 0 Å². The van der Waals surface area contributed by atoms with Gasteiger partial charge in [0.05, 0.1) is 6.04 Å². The molecule has 0 aromatic carbocycles. The molecule has 21 heavy (non-hydrogen) atoms. The monoisotopic (exact) mass is 295 g/mol. The zero-order valence-electron chi connectivity index (χ0n) is 12.3. The second kappa shape index (κ2) is 7.16. The normalized spacial score (nSPS) is 18.0. The van der Waals surface area contributed by atoms with Gasteiger partial charge in [-0.05, 0) is 33.2 Å². The minimum Gasteiger partial charge on any atom is -0.354 e. The lowest BCUT2D eigenvalue weighted by Crippen LogP contribution is -2.34. The zero-order valence-corrected chi connectivity index (χ0v) is 12.3. The molecular formula is C13H21N5O3. The topological polar surface area (TPSA) is 109 Å². The third-order valence-electron chi connectivity index (χ3n) is 3.09. The van der Waals surface area contributed by atoms with Crippen LogP contribution in [0.3, 0.4) is 0 Å². The molecule has 116 valence electrons. The van der Waals surface area contributed by atoms with Crippen LogP contribution in [-0.4, -0.2) is 41.1 Å². The summed E-state index contributed by atoms with van der Waals surface area (Å²) < 4.78 is 5.09. The Morgan fingerprint density at radius 3 is 2.95 bits per heavy atom. The van der Waals surface area contributed by atoms with Gasteiger partial charge in [-0.3, -0.25) is 9.59 Å². The second-order valence-electron chi connectivity index (χ2n) is 5.33. The van der Waals surface area contributed by atoms with Crippen LogP contribution in [0.15, 0.2) is 4.52 Å². The highest BCUT2D eigenvalue weighted by Gasteiger charge is 2.24. The van der Waals surface area contributed by atoms with Gasteiger partial charge in [0.1, 0.15) is 0 Å². The summed E-state index contributed by atoms with van der Waals surface area (Å²) in [6.45, 7) is 4.92. The first-order valence-electron chi connectivity index (χ1n) is 7.21. The van der Waals surface area contributed by atoms with Crippen LogP contribution >= 0.6 is 0 Å². The smallest absolute Gasteiger partial charge is 0.292 e. The summed E-state index contributed by atoms with van der Waals surface area (Å²) in [5.41, 5.74) is 0. The molecule has 2 amide bonds. The number of amides is 2. The summed E-state index contributed by atoms with van der Waals surface area (Å²) in [6.07, 6.45) is 2.21. The largest absolute Gasteiger partial charge is 0.354 e. The molecule has 2 rings (SSSR count). The van der Waals surface area contributed by atoms with Crippen molar-refractivity contribution in [1.29, 1.82) is 0 Å². The quantitative estimate of drug-likeness (QED) is 0.688. The van der Waals surface area contributed by atoms with Gasteiger partial charge in [0.15, 0.2) is 0 Å². The van der Waals surface area contributed by atoms with Gasteiger partial charge in [0.2, 0.25) is 11.8 Å². The van der Waals surface area contributed by atoms with Gasteiger partial charge in [0.25, 0.3) is 11.7 Å². The first kappa shape index (κ1) is 15.4. The van der Waals surface area contributed by atoms with Gasteiger partial charge in [-0.2, -0.15) is 4.98 Å². The summed E-state index contributed by atoms with van der Waals surface area (Å²) in [7, 11) is 0. The Labute approximate surface area is 123 Å². The minimum atomic E-state index is -0.430. The van der Waals surface area contributed by atoms with Crippen LogP contribution in [-0.2, 0) is 4.79 Å². The van der Waals surface area contributed by atoms with Crippen LogP contribution < -0.4 is 16.0 Å². The fraction of sp³-hybridized carbons (Fsp3) is 0.692. The third-order valence-corrected chi connectivity index (χ3v) is 3.09. The van der Waals surface area contributed by atoms with Crippen molar-refractivity contribution in [3.05, 3.63) is 11.7 Å². The fourth-order valence-electron chi connectivity index (χ4n) is 2.13. The Morgan fingerprint density at radius 2 is 2.29 bits per heavy atom. The maximum absolute atomic E-state index is 11.8. The molecule has 0 spiro atoms. The van der Waals surface area contributed by atoms with E-state index >= 15 is 0 Å². The van der Waals surface area contributed by atoms with Crippen LogP contribution in [0.4, 0.5) is 0 Å². The van der Waals surface area contributed by atoms with E-state index in [1.165, 1.54) is 0 Å². The molecule has 1 fully saturated rings. The van der Waals surface area contributed by atoms with Crippen LogP contribution in [0, 0.1) is 0 Å². The van der Waals surface area contributed by atoms with Crippen molar-refractivity contribution in [3.8, 4) is 0 Å². The molecule has 0 radical (unpaired) electrons. The average molecular weight is 295 g/mol. The Morgan fingerprint density at radius 1 is 1.48 bits per heavy atom. The Bertz CT molecular complexity index is 494. The molecule has 0 bridgehead atoms. The van der Waals surface area contributed by atoms with Crippen molar-refractivity contribution >= 4 is 11.8 Å². The van der Waals surface area contributed by atoms with E-state index < -0.39 is 5.91 Å². The lowest BCUT2D eigenvalue weighted by atomic mass is 10.2. The number of aromatic nitrogens is 2. The molecule has 1 aliphatic rings. The van der Waals surface area contributed by atoms with E-state index in [9.17, 15) is 9.59 Å². The molecule has 0 aliphatic carbocycles. The molecule has 8 heteroatoms. The first-order chi connectivity index (χ1) is 10.1. The van der Waals surface area contributed by atoms with E-state index in [1.54, 1.807) is 0 Å². The van der Waals surface area contributed by atoms with Crippen molar-refractivity contribution in [2.75, 3.05) is 13.1 Å². The summed E-state index contributed by atoms with van der Waals surface area (Å²) in [5, 5.41) is 12.2. The molecule has 0 saturated carbocycles. The van der Waals surface area contributed by atoms with Gasteiger partial charge >= 0.3 is 0 Å². The summed E-state index contributed by atoms with van der Waals surface area (Å²) in [4.78, 5) is 27.3. The number of hydrogen-bond acceptors (Lipinski definition) is 6. The number of nitrogens with one attached hydrogen (secondary N) is 3. The zero-order chi connectivity index (χ0) is 15.2. The van der Waals surface area contributed by atoms with Gasteiger partial charge < -0.3 is 20.5 Å². The Balaban J connectivity index is 1.77. The number of carbonyl (C=O) groups excluding carboxylic acids is 2. The molecule has 2 heterocycles. The number of rotatable bonds is 6. The summed E-state index contributed by atoms with van der Waals surface area (Å²) in [6, 6.07) is 0.128. The molecule has 1 saturated heterocycles. The van der Waals surface area contributed by atoms with E-state index in [0.29, 0.717) is 5.89 Å². The summed E-state index contributed by atoms with van der Waals surface area (Å²) in [5.74, 6) is -0.0900. The molecule has 1 aromatic heterocycles. The maximum Gasteiger partial charge on any atom is 0.292 e. The van der Waals surface area contributed by atoms with Gasteiger partial charge in [-0.1, -0.05) is 5.16 Å². The molecule has 1 atom stereocenters. The van der Waals surface area contributed by atoms with E-state index in [2.05, 4.69) is 26.1 Å². The van der Waals surface area contributed by atoms with Gasteiger partial charge in [0, 0.05) is 19.0 Å². The standard InChI is InChI=1S/C13H21N5O3/c1-8(2)16-10(19)5-7-15-12(20)11-17-13(21-18-11)9-4-3-6-14-9/h8-9,14H,3-7H2,1-2H3,(H,15,20)(H,16,19). The van der Waals surface area contributed by atoms with Crippen LogP contribution in [0.25, 0.3) is 0 Å². The van der Waals surface area contributed by atoms with Crippen molar-refractivity contribution in [1.82, 2.24) is 26.1 Å². The van der Waals surface area contributed by atoms with Crippen molar-refractivity contribution in [2.45, 2.75) is 45.2 Å². The van der Waals surface area contributed by atoms with Crippen LogP contribution in [0.1, 0.15) is 55.7 Å². The van der Waals surface area contributed by atoms with E-state index in [0.717, 1.165) is 19.4 Å². The summed E-state index contributed by atoms with van der Waals surface area (Å²) >= 11 is 0. The highest BCUT2D eigenvalue weighted by Crippen LogP contribution is 2.20. The minimum absolute atomic E-state index is 0.00275. The predicted molar refractivity (Wildman–Crippen MR) is 74.5 cm³/mol. The Hall–Kier alpha value is -1.96. The van der Waals surface area contributed by atoms with Gasteiger partial charge in [-0.15, -0.1) is 0 Å². The molecule has 1 unspecified atom stereocenters. The van der Waals surface area contributed by atoms with E-state index in [-0.39, 0.29) is 36.8 Å². The second-order valence-corrected chi connectivity index (χ2v) is 5.33. The highest BCUT2D eigenvalue weighted by atomic mass is 16.5. The van der Waals surface area contributed by atoms with E-state index in [4.69, 9.17) is 4.52 Å². The lowest BCUT2D eigenvalue weighted by Gasteiger charge is -2.08. The van der Waals surface area contributed by atoms with E-state index in [1.807, 2.05) is 13.8 Å². The van der Waals surface area contributed by atoms with Crippen LogP contribution in [0.2, 0.25) is 0 Å². The SMILES string of the molecule is CC(C)NC(=O)CCNC(=O)c1noc(C2CCCN2)n1. The average Bonchev–Trinajstić information content (AvgIpc) is 3.08. The number of nitrogens with zero attached hydrogens (tertiary/aromatic N) is 2. The predicted octanol–water partition coefficient (Wildman–Crippen LogP) is 0.139. The number of carbonyl (C=O) groups is 2. The first-order valence-corrected chi connectivity index (χ1v) is 7.21. The Kier molecular flexibility index (Phi) is 5.26. The third kappa shape index (κ3) is 4.52. The highest BCUT2D eigenvalue weighted by molar-refractivity contribution is 5.90. The van der Waals surface area contributed by atoms with Crippen molar-refractivity contribution < 1.29 is 14.1 Å². The lowest BCUT2D eigenvalue weighted by molar-refractivity contribution is -0.121. The van der Waals surface area contributed by atoms with Crippen molar-refractivity contribution in [2.24, 2.45) is 0 Å². The van der Waals surface area contributed by atoms with Crippen LogP contribution in [0.5, 0.6) is 0 Å². The molecule has 8 nitrogen and oxygen atoms in total. The molecular weight excluding hydrogens is 274 g/mol.